The van der Waals surface area contributed by atoms with Crippen molar-refractivity contribution in [3.8, 4) is 0 Å². The van der Waals surface area contributed by atoms with E-state index in [0.29, 0.717) is 6.61 Å². The molecule has 0 saturated heterocycles. The van der Waals surface area contributed by atoms with Gasteiger partial charge in [-0.3, -0.25) is 4.79 Å². The molecule has 0 spiro atoms. The predicted octanol–water partition coefficient (Wildman–Crippen LogP) is 1.67. The van der Waals surface area contributed by atoms with Gasteiger partial charge in [0.1, 0.15) is 6.04 Å². The van der Waals surface area contributed by atoms with Crippen LogP contribution in [0.1, 0.15) is 27.2 Å². The highest BCUT2D eigenvalue weighted by atomic mass is 32.2. The van der Waals surface area contributed by atoms with Crippen molar-refractivity contribution in [3.63, 3.8) is 0 Å². The molecule has 1 N–H and O–H groups in total. The van der Waals surface area contributed by atoms with Gasteiger partial charge in [-0.2, -0.15) is 11.8 Å². The molecule has 0 saturated carbocycles. The summed E-state index contributed by atoms with van der Waals surface area (Å²) in [7, 11) is 0. The lowest BCUT2D eigenvalue weighted by Gasteiger charge is -2.15. The van der Waals surface area contributed by atoms with Gasteiger partial charge in [0.15, 0.2) is 0 Å². The van der Waals surface area contributed by atoms with Gasteiger partial charge < -0.3 is 10.1 Å². The van der Waals surface area contributed by atoms with E-state index >= 15 is 0 Å². The lowest BCUT2D eigenvalue weighted by molar-refractivity contribution is -0.145. The molecule has 3 nitrogen and oxygen atoms in total. The molecule has 0 radical (unpaired) electrons. The largest absolute Gasteiger partial charge is 0.465 e. The molecule has 84 valence electrons. The summed E-state index contributed by atoms with van der Waals surface area (Å²) >= 11 is 1.85. The Morgan fingerprint density at radius 2 is 2.14 bits per heavy atom. The van der Waals surface area contributed by atoms with Gasteiger partial charge in [0.25, 0.3) is 0 Å². The number of carbonyl (C=O) groups excluding carboxylic acids is 1. The van der Waals surface area contributed by atoms with Crippen LogP contribution in [0.25, 0.3) is 0 Å². The molecule has 0 fully saturated rings. The Morgan fingerprint density at radius 3 is 2.64 bits per heavy atom. The molecule has 0 aliphatic carbocycles. The average Bonchev–Trinajstić information content (AvgIpc) is 2.17. The van der Waals surface area contributed by atoms with Crippen molar-refractivity contribution < 1.29 is 9.53 Å². The minimum Gasteiger partial charge on any atom is -0.465 e. The van der Waals surface area contributed by atoms with Gasteiger partial charge in [0, 0.05) is 0 Å². The minimum absolute atomic E-state index is 0.119. The smallest absolute Gasteiger partial charge is 0.323 e. The Bertz CT molecular complexity index is 153. The van der Waals surface area contributed by atoms with E-state index in [0.717, 1.165) is 24.5 Å². The maximum atomic E-state index is 11.4. The SMILES string of the molecule is CCN[C@@H](CCSCC)C(=O)OCC. The van der Waals surface area contributed by atoms with Crippen molar-refractivity contribution in [2.75, 3.05) is 24.7 Å². The third kappa shape index (κ3) is 6.27. The Morgan fingerprint density at radius 1 is 1.43 bits per heavy atom. The normalized spacial score (nSPS) is 12.5. The van der Waals surface area contributed by atoms with Crippen LogP contribution in [0.15, 0.2) is 0 Å². The molecule has 0 aromatic rings. The molecule has 0 aromatic heterocycles. The van der Waals surface area contributed by atoms with Crippen LogP contribution in [-0.4, -0.2) is 36.7 Å². The zero-order valence-corrected chi connectivity index (χ0v) is 10.2. The highest BCUT2D eigenvalue weighted by Crippen LogP contribution is 2.05. The number of likely N-dealkylation sites (N-methyl/N-ethyl adjacent to an activating group) is 1. The van der Waals surface area contributed by atoms with Gasteiger partial charge in [-0.15, -0.1) is 0 Å². The van der Waals surface area contributed by atoms with E-state index in [1.165, 1.54) is 0 Å². The van der Waals surface area contributed by atoms with Crippen molar-refractivity contribution in [3.05, 3.63) is 0 Å². The van der Waals surface area contributed by atoms with Crippen molar-refractivity contribution in [2.45, 2.75) is 33.2 Å². The van der Waals surface area contributed by atoms with Gasteiger partial charge in [-0.1, -0.05) is 13.8 Å². The molecule has 0 heterocycles. The van der Waals surface area contributed by atoms with E-state index in [-0.39, 0.29) is 12.0 Å². The van der Waals surface area contributed by atoms with Crippen LogP contribution in [-0.2, 0) is 9.53 Å². The van der Waals surface area contributed by atoms with Crippen LogP contribution < -0.4 is 5.32 Å². The second kappa shape index (κ2) is 9.34. The Hall–Kier alpha value is -0.220. The number of hydrogen-bond acceptors (Lipinski definition) is 4. The Kier molecular flexibility index (Phi) is 9.19. The van der Waals surface area contributed by atoms with E-state index in [1.807, 2.05) is 25.6 Å². The van der Waals surface area contributed by atoms with Crippen LogP contribution in [0.3, 0.4) is 0 Å². The third-order valence-corrected chi connectivity index (χ3v) is 2.71. The van der Waals surface area contributed by atoms with Crippen molar-refractivity contribution in [2.24, 2.45) is 0 Å². The lowest BCUT2D eigenvalue weighted by atomic mass is 10.2. The number of rotatable bonds is 8. The zero-order chi connectivity index (χ0) is 10.8. The molecule has 0 bridgehead atoms. The monoisotopic (exact) mass is 219 g/mol. The summed E-state index contributed by atoms with van der Waals surface area (Å²) in [6.45, 7) is 7.22. The highest BCUT2D eigenvalue weighted by molar-refractivity contribution is 7.99. The number of esters is 1. The molecule has 4 heteroatoms. The van der Waals surface area contributed by atoms with Gasteiger partial charge in [-0.05, 0) is 31.4 Å². The van der Waals surface area contributed by atoms with Crippen LogP contribution in [0.5, 0.6) is 0 Å². The Labute approximate surface area is 91.0 Å². The zero-order valence-electron chi connectivity index (χ0n) is 9.34. The van der Waals surface area contributed by atoms with Crippen molar-refractivity contribution >= 4 is 17.7 Å². The van der Waals surface area contributed by atoms with Crippen LogP contribution in [0.2, 0.25) is 0 Å². The van der Waals surface area contributed by atoms with Crippen LogP contribution in [0.4, 0.5) is 0 Å². The van der Waals surface area contributed by atoms with Gasteiger partial charge in [0.2, 0.25) is 0 Å². The molecule has 0 amide bonds. The molecular weight excluding hydrogens is 198 g/mol. The quantitative estimate of drug-likeness (QED) is 0.498. The predicted molar refractivity (Wildman–Crippen MR) is 61.7 cm³/mol. The van der Waals surface area contributed by atoms with E-state index in [9.17, 15) is 4.79 Å². The fourth-order valence-electron chi connectivity index (χ4n) is 1.14. The standard InChI is InChI=1S/C10H21NO2S/c1-4-11-9(7-8-14-6-3)10(12)13-5-2/h9,11H,4-8H2,1-3H3/t9-/m0/s1. The summed E-state index contributed by atoms with van der Waals surface area (Å²) in [5.74, 6) is 1.99. The van der Waals surface area contributed by atoms with Gasteiger partial charge >= 0.3 is 5.97 Å². The molecule has 1 atom stereocenters. The number of hydrogen-bond donors (Lipinski definition) is 1. The summed E-state index contributed by atoms with van der Waals surface area (Å²) in [4.78, 5) is 11.4. The van der Waals surface area contributed by atoms with E-state index in [1.54, 1.807) is 0 Å². The van der Waals surface area contributed by atoms with Crippen LogP contribution in [0, 0.1) is 0 Å². The number of carbonyl (C=O) groups is 1. The molecular formula is C10H21NO2S. The Balaban J connectivity index is 3.81. The van der Waals surface area contributed by atoms with Gasteiger partial charge in [-0.25, -0.2) is 0 Å². The number of nitrogens with one attached hydrogen (secondary N) is 1. The lowest BCUT2D eigenvalue weighted by Crippen LogP contribution is -2.38. The molecule has 14 heavy (non-hydrogen) atoms. The summed E-state index contributed by atoms with van der Waals surface area (Å²) in [6, 6.07) is -0.126. The molecule has 0 aromatic carbocycles. The first kappa shape index (κ1) is 13.8. The maximum absolute atomic E-state index is 11.4. The molecule has 0 aliphatic rings. The highest BCUT2D eigenvalue weighted by Gasteiger charge is 2.17. The summed E-state index contributed by atoms with van der Waals surface area (Å²) in [5, 5.41) is 3.14. The van der Waals surface area contributed by atoms with Gasteiger partial charge in [0.05, 0.1) is 6.61 Å². The average molecular weight is 219 g/mol. The second-order valence-corrected chi connectivity index (χ2v) is 4.24. The molecule has 0 rings (SSSR count). The fraction of sp³-hybridized carbons (Fsp3) is 0.900. The van der Waals surface area contributed by atoms with E-state index in [4.69, 9.17) is 4.74 Å². The van der Waals surface area contributed by atoms with Crippen molar-refractivity contribution in [1.29, 1.82) is 0 Å². The fourth-order valence-corrected chi connectivity index (χ4v) is 1.83. The first-order chi connectivity index (χ1) is 6.76. The summed E-state index contributed by atoms with van der Waals surface area (Å²) < 4.78 is 4.98. The topological polar surface area (TPSA) is 38.3 Å². The first-order valence-electron chi connectivity index (χ1n) is 5.23. The molecule has 0 aliphatic heterocycles. The van der Waals surface area contributed by atoms with Crippen molar-refractivity contribution in [1.82, 2.24) is 5.32 Å². The first-order valence-corrected chi connectivity index (χ1v) is 6.39. The maximum Gasteiger partial charge on any atom is 0.323 e. The summed E-state index contributed by atoms with van der Waals surface area (Å²) in [6.07, 6.45) is 0.852. The van der Waals surface area contributed by atoms with E-state index in [2.05, 4.69) is 12.2 Å². The summed E-state index contributed by atoms with van der Waals surface area (Å²) in [5.41, 5.74) is 0. The number of thioether (sulfide) groups is 1. The molecule has 0 unspecified atom stereocenters. The number of ether oxygens (including phenoxy) is 1. The van der Waals surface area contributed by atoms with Crippen LogP contribution >= 0.6 is 11.8 Å². The third-order valence-electron chi connectivity index (χ3n) is 1.78. The van der Waals surface area contributed by atoms with E-state index < -0.39 is 0 Å². The second-order valence-electron chi connectivity index (χ2n) is 2.85. The minimum atomic E-state index is -0.126.